The summed E-state index contributed by atoms with van der Waals surface area (Å²) in [4.78, 5) is 26.4. The quantitative estimate of drug-likeness (QED) is 0.694. The lowest BCUT2D eigenvalue weighted by atomic mass is 10.2. The number of benzene rings is 2. The third-order valence-electron chi connectivity index (χ3n) is 3.55. The van der Waals surface area contributed by atoms with Crippen molar-refractivity contribution in [3.05, 3.63) is 69.0 Å². The first-order valence-corrected chi connectivity index (χ1v) is 8.82. The van der Waals surface area contributed by atoms with Gasteiger partial charge in [-0.2, -0.15) is 0 Å². The van der Waals surface area contributed by atoms with E-state index < -0.39 is 0 Å². The molecule has 0 saturated carbocycles. The van der Waals surface area contributed by atoms with Crippen LogP contribution in [0.2, 0.25) is 0 Å². The van der Waals surface area contributed by atoms with E-state index in [1.165, 1.54) is 4.90 Å². The van der Waals surface area contributed by atoms with Gasteiger partial charge in [0.25, 0.3) is 11.1 Å². The highest BCUT2D eigenvalue weighted by Crippen LogP contribution is 2.34. The minimum atomic E-state index is -0.274. The molecular weight excluding hydrogens is 390 g/mol. The average Bonchev–Trinajstić information content (AvgIpc) is 2.84. The van der Waals surface area contributed by atoms with Crippen molar-refractivity contribution in [2.75, 3.05) is 7.11 Å². The van der Waals surface area contributed by atoms with Crippen LogP contribution in [0.1, 0.15) is 11.1 Å². The third-order valence-corrected chi connectivity index (χ3v) is 5.23. The molecule has 0 atom stereocenters. The molecule has 1 aliphatic heterocycles. The van der Waals surface area contributed by atoms with Gasteiger partial charge in [-0.3, -0.25) is 14.5 Å². The van der Waals surface area contributed by atoms with Gasteiger partial charge in [-0.15, -0.1) is 0 Å². The summed E-state index contributed by atoms with van der Waals surface area (Å²) in [5.41, 5.74) is 1.71. The highest BCUT2D eigenvalue weighted by molar-refractivity contribution is 9.10. The van der Waals surface area contributed by atoms with Crippen LogP contribution < -0.4 is 4.74 Å². The molecule has 1 aliphatic rings. The number of imide groups is 1. The van der Waals surface area contributed by atoms with E-state index in [-0.39, 0.29) is 17.7 Å². The number of amides is 2. The van der Waals surface area contributed by atoms with Crippen molar-refractivity contribution in [1.29, 1.82) is 0 Å². The Hall–Kier alpha value is -2.05. The molecule has 6 heteroatoms. The summed E-state index contributed by atoms with van der Waals surface area (Å²) >= 11 is 4.40. The third kappa shape index (κ3) is 3.55. The predicted molar refractivity (Wildman–Crippen MR) is 98.7 cm³/mol. The van der Waals surface area contributed by atoms with Crippen molar-refractivity contribution in [2.45, 2.75) is 6.54 Å². The van der Waals surface area contributed by atoms with Crippen molar-refractivity contribution in [3.8, 4) is 5.75 Å². The van der Waals surface area contributed by atoms with E-state index in [2.05, 4.69) is 15.9 Å². The maximum atomic E-state index is 12.6. The van der Waals surface area contributed by atoms with Crippen molar-refractivity contribution in [2.24, 2.45) is 0 Å². The van der Waals surface area contributed by atoms with Crippen molar-refractivity contribution < 1.29 is 14.3 Å². The molecule has 0 aromatic heterocycles. The summed E-state index contributed by atoms with van der Waals surface area (Å²) in [5.74, 6) is 0.430. The molecule has 122 valence electrons. The van der Waals surface area contributed by atoms with Gasteiger partial charge in [-0.25, -0.2) is 0 Å². The SMILES string of the molecule is COc1cccc(/C=C2/SC(=O)N(Cc3ccccc3Br)C2=O)c1. The van der Waals surface area contributed by atoms with E-state index in [1.54, 1.807) is 13.2 Å². The molecule has 1 fully saturated rings. The average molecular weight is 404 g/mol. The minimum absolute atomic E-state index is 0.252. The van der Waals surface area contributed by atoms with Gasteiger partial charge >= 0.3 is 0 Å². The van der Waals surface area contributed by atoms with Crippen LogP contribution in [0.15, 0.2) is 57.9 Å². The Morgan fingerprint density at radius 3 is 2.71 bits per heavy atom. The lowest BCUT2D eigenvalue weighted by Gasteiger charge is -2.13. The van der Waals surface area contributed by atoms with Gasteiger partial charge < -0.3 is 4.74 Å². The number of methoxy groups -OCH3 is 1. The zero-order chi connectivity index (χ0) is 17.1. The molecule has 0 bridgehead atoms. The Kier molecular flexibility index (Phi) is 5.06. The second kappa shape index (κ2) is 7.23. The zero-order valence-electron chi connectivity index (χ0n) is 12.9. The molecule has 2 aromatic rings. The van der Waals surface area contributed by atoms with E-state index in [9.17, 15) is 9.59 Å². The maximum Gasteiger partial charge on any atom is 0.293 e. The number of rotatable bonds is 4. The molecule has 2 aromatic carbocycles. The fourth-order valence-electron chi connectivity index (χ4n) is 2.32. The Bertz CT molecular complexity index is 835. The molecular formula is C18H14BrNO3S. The molecule has 2 amide bonds. The summed E-state index contributed by atoms with van der Waals surface area (Å²) in [6.45, 7) is 0.252. The van der Waals surface area contributed by atoms with Crippen LogP contribution in [0.5, 0.6) is 5.75 Å². The molecule has 0 unspecified atom stereocenters. The fraction of sp³-hybridized carbons (Fsp3) is 0.111. The molecule has 1 heterocycles. The summed E-state index contributed by atoms with van der Waals surface area (Å²) in [7, 11) is 1.59. The van der Waals surface area contributed by atoms with Crippen molar-refractivity contribution >= 4 is 44.9 Å². The summed E-state index contributed by atoms with van der Waals surface area (Å²) < 4.78 is 6.05. The van der Waals surface area contributed by atoms with Gasteiger partial charge in [0.15, 0.2) is 0 Å². The normalized spacial score (nSPS) is 16.1. The van der Waals surface area contributed by atoms with Crippen molar-refractivity contribution in [1.82, 2.24) is 4.90 Å². The van der Waals surface area contributed by atoms with Gasteiger partial charge in [-0.1, -0.05) is 46.3 Å². The van der Waals surface area contributed by atoms with Gasteiger partial charge in [0.05, 0.1) is 18.6 Å². The number of carbonyl (C=O) groups is 2. The largest absolute Gasteiger partial charge is 0.497 e. The second-order valence-electron chi connectivity index (χ2n) is 5.14. The van der Waals surface area contributed by atoms with E-state index in [0.717, 1.165) is 27.4 Å². The molecule has 24 heavy (non-hydrogen) atoms. The Balaban J connectivity index is 1.83. The number of halogens is 1. The van der Waals surface area contributed by atoms with Gasteiger partial charge in [-0.05, 0) is 47.2 Å². The van der Waals surface area contributed by atoms with Crippen LogP contribution in [-0.4, -0.2) is 23.2 Å². The molecule has 3 rings (SSSR count). The number of hydrogen-bond acceptors (Lipinski definition) is 4. The van der Waals surface area contributed by atoms with Gasteiger partial charge in [0, 0.05) is 4.47 Å². The van der Waals surface area contributed by atoms with Crippen LogP contribution >= 0.6 is 27.7 Å². The number of hydrogen-bond donors (Lipinski definition) is 0. The number of thioether (sulfide) groups is 1. The first-order chi connectivity index (χ1) is 11.6. The molecule has 4 nitrogen and oxygen atoms in total. The maximum absolute atomic E-state index is 12.6. The summed E-state index contributed by atoms with van der Waals surface area (Å²) in [5, 5.41) is -0.259. The van der Waals surface area contributed by atoms with Crippen LogP contribution in [0.3, 0.4) is 0 Å². The van der Waals surface area contributed by atoms with Crippen LogP contribution in [0.4, 0.5) is 4.79 Å². The highest BCUT2D eigenvalue weighted by atomic mass is 79.9. The predicted octanol–water partition coefficient (Wildman–Crippen LogP) is 4.69. The van der Waals surface area contributed by atoms with Gasteiger partial charge in [0.2, 0.25) is 0 Å². The Morgan fingerprint density at radius 1 is 1.17 bits per heavy atom. The smallest absolute Gasteiger partial charge is 0.293 e. The van der Waals surface area contributed by atoms with E-state index in [0.29, 0.717) is 10.7 Å². The fourth-order valence-corrected chi connectivity index (χ4v) is 3.56. The minimum Gasteiger partial charge on any atom is -0.497 e. The zero-order valence-corrected chi connectivity index (χ0v) is 15.3. The van der Waals surface area contributed by atoms with E-state index in [1.807, 2.05) is 48.5 Å². The summed E-state index contributed by atoms with van der Waals surface area (Å²) in [6.07, 6.45) is 1.72. The monoisotopic (exact) mass is 403 g/mol. The van der Waals surface area contributed by atoms with Gasteiger partial charge in [0.1, 0.15) is 5.75 Å². The first-order valence-electron chi connectivity index (χ1n) is 7.21. The molecule has 0 aliphatic carbocycles. The van der Waals surface area contributed by atoms with Crippen LogP contribution in [0.25, 0.3) is 6.08 Å². The number of nitrogens with zero attached hydrogens (tertiary/aromatic N) is 1. The number of carbonyl (C=O) groups excluding carboxylic acids is 2. The Morgan fingerprint density at radius 2 is 1.96 bits per heavy atom. The standard InChI is InChI=1S/C18H14BrNO3S/c1-23-14-7-4-5-12(9-14)10-16-17(21)20(18(22)24-16)11-13-6-2-3-8-15(13)19/h2-10H,11H2,1H3/b16-10+. The highest BCUT2D eigenvalue weighted by Gasteiger charge is 2.35. The lowest BCUT2D eigenvalue weighted by molar-refractivity contribution is -0.123. The topological polar surface area (TPSA) is 46.6 Å². The molecule has 0 radical (unpaired) electrons. The summed E-state index contributed by atoms with van der Waals surface area (Å²) in [6, 6.07) is 14.9. The Labute approximate surface area is 152 Å². The van der Waals surface area contributed by atoms with Crippen molar-refractivity contribution in [3.63, 3.8) is 0 Å². The van der Waals surface area contributed by atoms with E-state index in [4.69, 9.17) is 4.74 Å². The lowest BCUT2D eigenvalue weighted by Crippen LogP contribution is -2.27. The van der Waals surface area contributed by atoms with Crippen LogP contribution in [0, 0.1) is 0 Å². The molecule has 1 saturated heterocycles. The molecule has 0 N–H and O–H groups in total. The first kappa shape index (κ1) is 16.8. The second-order valence-corrected chi connectivity index (χ2v) is 6.98. The number of ether oxygens (including phenoxy) is 1. The van der Waals surface area contributed by atoms with E-state index >= 15 is 0 Å². The van der Waals surface area contributed by atoms with Crippen LogP contribution in [-0.2, 0) is 11.3 Å². The molecule has 0 spiro atoms.